The predicted octanol–water partition coefficient (Wildman–Crippen LogP) is 3.76. The van der Waals surface area contributed by atoms with Gasteiger partial charge < -0.3 is 10.4 Å². The van der Waals surface area contributed by atoms with Crippen LogP contribution >= 0.6 is 0 Å². The fraction of sp³-hybridized carbons (Fsp3) is 0.562. The average Bonchev–Trinajstić information content (AvgIpc) is 2.42. The molecule has 106 valence electrons. The molecule has 3 heteroatoms. The number of carbonyl (C=O) groups is 1. The Morgan fingerprint density at radius 3 is 2.53 bits per heavy atom. The van der Waals surface area contributed by atoms with E-state index < -0.39 is 0 Å². The number of amides is 1. The summed E-state index contributed by atoms with van der Waals surface area (Å²) in [6.07, 6.45) is 7.71. The van der Waals surface area contributed by atoms with Gasteiger partial charge in [-0.1, -0.05) is 57.2 Å². The van der Waals surface area contributed by atoms with Crippen LogP contribution in [-0.4, -0.2) is 11.0 Å². The zero-order valence-electron chi connectivity index (χ0n) is 11.8. The Kier molecular flexibility index (Phi) is 7.71. The Bertz CT molecular complexity index is 377. The van der Waals surface area contributed by atoms with E-state index in [1.54, 1.807) is 12.1 Å². The minimum absolute atomic E-state index is 0.0683. The number of benzene rings is 1. The minimum atomic E-state index is 0.0683. The molecule has 1 aromatic carbocycles. The first kappa shape index (κ1) is 15.5. The molecule has 0 radical (unpaired) electrons. The molecule has 0 aromatic heterocycles. The molecule has 2 N–H and O–H groups in total. The van der Waals surface area contributed by atoms with E-state index in [0.29, 0.717) is 13.0 Å². The summed E-state index contributed by atoms with van der Waals surface area (Å²) in [5.74, 6) is 0.307. The van der Waals surface area contributed by atoms with Crippen LogP contribution in [0.4, 0.5) is 0 Å². The maximum atomic E-state index is 11.6. The number of aromatic hydroxyl groups is 1. The van der Waals surface area contributed by atoms with E-state index in [1.165, 1.54) is 25.7 Å². The topological polar surface area (TPSA) is 49.3 Å². The highest BCUT2D eigenvalue weighted by atomic mass is 16.3. The van der Waals surface area contributed by atoms with Crippen molar-refractivity contribution in [2.75, 3.05) is 0 Å². The number of hydrogen-bond acceptors (Lipinski definition) is 2. The maximum Gasteiger partial charge on any atom is 0.220 e. The van der Waals surface area contributed by atoms with Gasteiger partial charge in [0.25, 0.3) is 0 Å². The average molecular weight is 263 g/mol. The standard InChI is InChI=1S/C16H25NO2/c1-2-3-4-5-6-7-12-16(19)17-13-14-10-8-9-11-15(14)18/h8-11,18H,2-7,12-13H2,1H3,(H,17,19). The number of hydrogen-bond donors (Lipinski definition) is 2. The van der Waals surface area contributed by atoms with E-state index in [-0.39, 0.29) is 11.7 Å². The van der Waals surface area contributed by atoms with Gasteiger partial charge in [0.2, 0.25) is 5.91 Å². The molecule has 1 rings (SSSR count). The maximum absolute atomic E-state index is 11.6. The number of carbonyl (C=O) groups excluding carboxylic acids is 1. The molecule has 1 amide bonds. The summed E-state index contributed by atoms with van der Waals surface area (Å²) in [7, 11) is 0. The van der Waals surface area contributed by atoms with Crippen molar-refractivity contribution in [2.24, 2.45) is 0 Å². The second-order valence-electron chi connectivity index (χ2n) is 4.92. The van der Waals surface area contributed by atoms with E-state index in [1.807, 2.05) is 12.1 Å². The van der Waals surface area contributed by atoms with Crippen molar-refractivity contribution in [3.05, 3.63) is 29.8 Å². The van der Waals surface area contributed by atoms with Gasteiger partial charge in [0.05, 0.1) is 0 Å². The molecular weight excluding hydrogens is 238 g/mol. The van der Waals surface area contributed by atoms with Crippen molar-refractivity contribution in [3.63, 3.8) is 0 Å². The zero-order chi connectivity index (χ0) is 13.9. The molecule has 19 heavy (non-hydrogen) atoms. The normalized spacial score (nSPS) is 10.4. The first-order chi connectivity index (χ1) is 9.24. The molecule has 0 aliphatic heterocycles. The number of para-hydroxylation sites is 1. The van der Waals surface area contributed by atoms with Crippen molar-refractivity contribution in [2.45, 2.75) is 58.4 Å². The largest absolute Gasteiger partial charge is 0.508 e. The lowest BCUT2D eigenvalue weighted by Gasteiger charge is -2.07. The summed E-state index contributed by atoms with van der Waals surface area (Å²) >= 11 is 0. The summed E-state index contributed by atoms with van der Waals surface area (Å²) in [5.41, 5.74) is 0.763. The lowest BCUT2D eigenvalue weighted by molar-refractivity contribution is -0.121. The first-order valence-corrected chi connectivity index (χ1v) is 7.27. The van der Waals surface area contributed by atoms with E-state index in [9.17, 15) is 9.90 Å². The van der Waals surface area contributed by atoms with Crippen LogP contribution in [-0.2, 0) is 11.3 Å². The smallest absolute Gasteiger partial charge is 0.220 e. The molecule has 0 saturated heterocycles. The molecule has 0 spiro atoms. The SMILES string of the molecule is CCCCCCCCC(=O)NCc1ccccc1O. The van der Waals surface area contributed by atoms with Crippen molar-refractivity contribution in [3.8, 4) is 5.75 Å². The molecule has 0 aliphatic carbocycles. The van der Waals surface area contributed by atoms with E-state index >= 15 is 0 Å². The summed E-state index contributed by atoms with van der Waals surface area (Å²) in [6.45, 7) is 2.60. The fourth-order valence-corrected chi connectivity index (χ4v) is 2.01. The van der Waals surface area contributed by atoms with Gasteiger partial charge in [-0.2, -0.15) is 0 Å². The predicted molar refractivity (Wildman–Crippen MR) is 77.9 cm³/mol. The number of phenols is 1. The fourth-order valence-electron chi connectivity index (χ4n) is 2.01. The van der Waals surface area contributed by atoms with Gasteiger partial charge in [-0.05, 0) is 12.5 Å². The molecule has 0 saturated carbocycles. The van der Waals surface area contributed by atoms with Crippen molar-refractivity contribution in [1.29, 1.82) is 0 Å². The zero-order valence-corrected chi connectivity index (χ0v) is 11.8. The van der Waals surface area contributed by atoms with Gasteiger partial charge in [-0.3, -0.25) is 4.79 Å². The minimum Gasteiger partial charge on any atom is -0.508 e. The third-order valence-corrected chi connectivity index (χ3v) is 3.23. The quantitative estimate of drug-likeness (QED) is 0.666. The molecule has 0 heterocycles. The second-order valence-corrected chi connectivity index (χ2v) is 4.92. The number of unbranched alkanes of at least 4 members (excludes halogenated alkanes) is 5. The molecule has 0 atom stereocenters. The molecule has 0 aliphatic rings. The monoisotopic (exact) mass is 263 g/mol. The van der Waals surface area contributed by atoms with Gasteiger partial charge in [-0.25, -0.2) is 0 Å². The van der Waals surface area contributed by atoms with Crippen LogP contribution < -0.4 is 5.32 Å². The van der Waals surface area contributed by atoms with Crippen LogP contribution in [0.25, 0.3) is 0 Å². The Labute approximate surface area is 116 Å². The van der Waals surface area contributed by atoms with Crippen LogP contribution in [0.3, 0.4) is 0 Å². The third-order valence-electron chi connectivity index (χ3n) is 3.23. The lowest BCUT2D eigenvalue weighted by atomic mass is 10.1. The Morgan fingerprint density at radius 2 is 1.79 bits per heavy atom. The van der Waals surface area contributed by atoms with Crippen molar-refractivity contribution < 1.29 is 9.90 Å². The Hall–Kier alpha value is -1.51. The van der Waals surface area contributed by atoms with Gasteiger partial charge in [0.1, 0.15) is 5.75 Å². The van der Waals surface area contributed by atoms with E-state index in [0.717, 1.165) is 18.4 Å². The summed E-state index contributed by atoms with van der Waals surface area (Å²) < 4.78 is 0. The van der Waals surface area contributed by atoms with Crippen LogP contribution in [0.15, 0.2) is 24.3 Å². The highest BCUT2D eigenvalue weighted by Crippen LogP contribution is 2.15. The third kappa shape index (κ3) is 6.85. The van der Waals surface area contributed by atoms with Crippen molar-refractivity contribution in [1.82, 2.24) is 5.32 Å². The molecular formula is C16H25NO2. The summed E-state index contributed by atoms with van der Waals surface area (Å²) in [4.78, 5) is 11.6. The lowest BCUT2D eigenvalue weighted by Crippen LogP contribution is -2.22. The van der Waals surface area contributed by atoms with Crippen LogP contribution in [0, 0.1) is 0 Å². The van der Waals surface area contributed by atoms with Gasteiger partial charge in [0, 0.05) is 18.5 Å². The first-order valence-electron chi connectivity index (χ1n) is 7.27. The number of rotatable bonds is 9. The Morgan fingerprint density at radius 1 is 1.11 bits per heavy atom. The molecule has 3 nitrogen and oxygen atoms in total. The van der Waals surface area contributed by atoms with Crippen LogP contribution in [0.2, 0.25) is 0 Å². The molecule has 0 fully saturated rings. The van der Waals surface area contributed by atoms with Gasteiger partial charge in [0.15, 0.2) is 0 Å². The van der Waals surface area contributed by atoms with Crippen molar-refractivity contribution >= 4 is 5.91 Å². The number of nitrogens with one attached hydrogen (secondary N) is 1. The van der Waals surface area contributed by atoms with Gasteiger partial charge in [-0.15, -0.1) is 0 Å². The highest BCUT2D eigenvalue weighted by Gasteiger charge is 2.03. The molecule has 0 bridgehead atoms. The summed E-state index contributed by atoms with van der Waals surface area (Å²) in [6, 6.07) is 7.08. The molecule has 0 unspecified atom stereocenters. The second kappa shape index (κ2) is 9.42. The van der Waals surface area contributed by atoms with E-state index in [2.05, 4.69) is 12.2 Å². The number of phenolic OH excluding ortho intramolecular Hbond substituents is 1. The summed E-state index contributed by atoms with van der Waals surface area (Å²) in [5, 5.41) is 12.4. The van der Waals surface area contributed by atoms with E-state index in [4.69, 9.17) is 0 Å². The Balaban J connectivity index is 2.10. The van der Waals surface area contributed by atoms with Gasteiger partial charge >= 0.3 is 0 Å². The highest BCUT2D eigenvalue weighted by molar-refractivity contribution is 5.75. The molecule has 1 aromatic rings. The van der Waals surface area contributed by atoms with Crippen LogP contribution in [0.5, 0.6) is 5.75 Å². The van der Waals surface area contributed by atoms with Crippen LogP contribution in [0.1, 0.15) is 57.4 Å².